The van der Waals surface area contributed by atoms with Crippen LogP contribution in [0.2, 0.25) is 0 Å². The third kappa shape index (κ3) is 2.78. The van der Waals surface area contributed by atoms with Gasteiger partial charge >= 0.3 is 0 Å². The summed E-state index contributed by atoms with van der Waals surface area (Å²) in [4.78, 5) is 2.63. The SMILES string of the molecule is CC1CN(Cc2ccc(F)c(Br)c2)C2(CCCC2)CN1. The van der Waals surface area contributed by atoms with Gasteiger partial charge in [0.1, 0.15) is 5.82 Å². The molecule has 1 aliphatic heterocycles. The van der Waals surface area contributed by atoms with Crippen molar-refractivity contribution in [3.63, 3.8) is 0 Å². The highest BCUT2D eigenvalue weighted by Crippen LogP contribution is 2.37. The van der Waals surface area contributed by atoms with E-state index < -0.39 is 0 Å². The Balaban J connectivity index is 1.80. The average Bonchev–Trinajstić information content (AvgIpc) is 2.88. The van der Waals surface area contributed by atoms with E-state index in [1.165, 1.54) is 31.2 Å². The summed E-state index contributed by atoms with van der Waals surface area (Å²) in [6.45, 7) is 5.34. The van der Waals surface area contributed by atoms with Gasteiger partial charge in [0.25, 0.3) is 0 Å². The summed E-state index contributed by atoms with van der Waals surface area (Å²) in [6, 6.07) is 5.93. The summed E-state index contributed by atoms with van der Waals surface area (Å²) in [6.07, 6.45) is 5.24. The number of halogens is 2. The molecule has 2 fully saturated rings. The second kappa shape index (κ2) is 5.74. The molecule has 1 N–H and O–H groups in total. The summed E-state index contributed by atoms with van der Waals surface area (Å²) in [5.74, 6) is -0.182. The van der Waals surface area contributed by atoms with E-state index in [2.05, 4.69) is 33.1 Å². The molecule has 0 radical (unpaired) electrons. The smallest absolute Gasteiger partial charge is 0.137 e. The van der Waals surface area contributed by atoms with Gasteiger partial charge in [-0.2, -0.15) is 0 Å². The van der Waals surface area contributed by atoms with Gasteiger partial charge in [-0.1, -0.05) is 18.9 Å². The fourth-order valence-corrected chi connectivity index (χ4v) is 4.11. The lowest BCUT2D eigenvalue weighted by atomic mass is 9.90. The second-order valence-corrected chi connectivity index (χ2v) is 7.20. The Kier molecular flexibility index (Phi) is 4.16. The number of hydrogen-bond donors (Lipinski definition) is 1. The van der Waals surface area contributed by atoms with Crippen LogP contribution in [0.3, 0.4) is 0 Å². The van der Waals surface area contributed by atoms with Gasteiger partial charge in [-0.3, -0.25) is 4.90 Å². The van der Waals surface area contributed by atoms with E-state index in [0.717, 1.165) is 19.6 Å². The van der Waals surface area contributed by atoms with E-state index in [-0.39, 0.29) is 5.82 Å². The van der Waals surface area contributed by atoms with Crippen molar-refractivity contribution < 1.29 is 4.39 Å². The van der Waals surface area contributed by atoms with Gasteiger partial charge in [0.15, 0.2) is 0 Å². The molecule has 4 heteroatoms. The van der Waals surface area contributed by atoms with Gasteiger partial charge < -0.3 is 5.32 Å². The van der Waals surface area contributed by atoms with Crippen molar-refractivity contribution in [1.29, 1.82) is 0 Å². The molecule has 110 valence electrons. The van der Waals surface area contributed by atoms with Crippen LogP contribution in [0.15, 0.2) is 22.7 Å². The van der Waals surface area contributed by atoms with E-state index in [1.807, 2.05) is 12.1 Å². The predicted molar refractivity (Wildman–Crippen MR) is 83.2 cm³/mol. The minimum absolute atomic E-state index is 0.182. The molecular formula is C16H22BrFN2. The Hall–Kier alpha value is -0.450. The first-order valence-corrected chi connectivity index (χ1v) is 8.31. The lowest BCUT2D eigenvalue weighted by Crippen LogP contribution is -2.62. The maximum Gasteiger partial charge on any atom is 0.137 e. The van der Waals surface area contributed by atoms with E-state index in [4.69, 9.17) is 0 Å². The van der Waals surface area contributed by atoms with E-state index in [9.17, 15) is 4.39 Å². The maximum atomic E-state index is 13.4. The van der Waals surface area contributed by atoms with Crippen LogP contribution >= 0.6 is 15.9 Å². The Labute approximate surface area is 128 Å². The summed E-state index contributed by atoms with van der Waals surface area (Å²) in [5, 5.41) is 3.64. The number of nitrogens with one attached hydrogen (secondary N) is 1. The molecule has 1 unspecified atom stereocenters. The largest absolute Gasteiger partial charge is 0.311 e. The average molecular weight is 341 g/mol. The molecule has 1 saturated carbocycles. The van der Waals surface area contributed by atoms with Crippen molar-refractivity contribution in [2.24, 2.45) is 0 Å². The Morgan fingerprint density at radius 1 is 1.40 bits per heavy atom. The van der Waals surface area contributed by atoms with Gasteiger partial charge in [-0.15, -0.1) is 0 Å². The molecule has 1 saturated heterocycles. The molecule has 1 spiro atoms. The van der Waals surface area contributed by atoms with Gasteiger partial charge in [-0.05, 0) is 53.4 Å². The number of hydrogen-bond acceptors (Lipinski definition) is 2. The van der Waals surface area contributed by atoms with Crippen molar-refractivity contribution in [2.45, 2.75) is 50.7 Å². The highest BCUT2D eigenvalue weighted by Gasteiger charge is 2.42. The molecule has 20 heavy (non-hydrogen) atoms. The number of benzene rings is 1. The van der Waals surface area contributed by atoms with Crippen molar-refractivity contribution in [3.8, 4) is 0 Å². The summed E-state index contributed by atoms with van der Waals surface area (Å²) >= 11 is 3.29. The third-order valence-electron chi connectivity index (χ3n) is 4.84. The van der Waals surface area contributed by atoms with Crippen LogP contribution in [-0.2, 0) is 6.54 Å². The highest BCUT2D eigenvalue weighted by atomic mass is 79.9. The minimum atomic E-state index is -0.182. The first-order chi connectivity index (χ1) is 9.59. The monoisotopic (exact) mass is 340 g/mol. The number of nitrogens with zero attached hydrogens (tertiary/aromatic N) is 1. The molecule has 0 amide bonds. The molecule has 1 atom stereocenters. The minimum Gasteiger partial charge on any atom is -0.311 e. The molecule has 2 aliphatic rings. The van der Waals surface area contributed by atoms with Gasteiger partial charge in [-0.25, -0.2) is 4.39 Å². The fourth-order valence-electron chi connectivity index (χ4n) is 3.68. The van der Waals surface area contributed by atoms with Crippen molar-refractivity contribution in [2.75, 3.05) is 13.1 Å². The van der Waals surface area contributed by atoms with Crippen LogP contribution in [0.5, 0.6) is 0 Å². The maximum absolute atomic E-state index is 13.4. The van der Waals surface area contributed by atoms with Crippen LogP contribution in [0.4, 0.5) is 4.39 Å². The molecule has 1 aromatic rings. The zero-order chi connectivity index (χ0) is 14.2. The van der Waals surface area contributed by atoms with Crippen LogP contribution < -0.4 is 5.32 Å². The van der Waals surface area contributed by atoms with Gasteiger partial charge in [0, 0.05) is 31.2 Å². The van der Waals surface area contributed by atoms with Crippen LogP contribution in [0.25, 0.3) is 0 Å². The Morgan fingerprint density at radius 2 is 2.15 bits per heavy atom. The van der Waals surface area contributed by atoms with E-state index in [1.54, 1.807) is 6.07 Å². The standard InChI is InChI=1S/C16H22BrFN2/c1-12-9-20(16(11-19-12)6-2-3-7-16)10-13-4-5-15(18)14(17)8-13/h4-5,8,12,19H,2-3,6-7,9-11H2,1H3. The second-order valence-electron chi connectivity index (χ2n) is 6.34. The van der Waals surface area contributed by atoms with Gasteiger partial charge in [0.05, 0.1) is 4.47 Å². The zero-order valence-corrected chi connectivity index (χ0v) is 13.5. The molecule has 1 aliphatic carbocycles. The van der Waals surface area contributed by atoms with Crippen molar-refractivity contribution >= 4 is 15.9 Å². The fraction of sp³-hybridized carbons (Fsp3) is 0.625. The molecule has 0 bridgehead atoms. The molecule has 1 heterocycles. The van der Waals surface area contributed by atoms with E-state index in [0.29, 0.717) is 16.1 Å². The summed E-state index contributed by atoms with van der Waals surface area (Å²) in [7, 11) is 0. The first kappa shape index (κ1) is 14.5. The van der Waals surface area contributed by atoms with Crippen molar-refractivity contribution in [3.05, 3.63) is 34.1 Å². The first-order valence-electron chi connectivity index (χ1n) is 7.51. The van der Waals surface area contributed by atoms with Crippen LogP contribution in [-0.4, -0.2) is 29.6 Å². The molecular weight excluding hydrogens is 319 g/mol. The normalized spacial score (nSPS) is 26.2. The molecule has 3 rings (SSSR count). The lowest BCUT2D eigenvalue weighted by molar-refractivity contribution is 0.0392. The third-order valence-corrected chi connectivity index (χ3v) is 5.44. The highest BCUT2D eigenvalue weighted by molar-refractivity contribution is 9.10. The summed E-state index contributed by atoms with van der Waals surface area (Å²) in [5.41, 5.74) is 1.52. The number of rotatable bonds is 2. The predicted octanol–water partition coefficient (Wildman–Crippen LogP) is 3.69. The Bertz CT molecular complexity index is 485. The molecule has 2 nitrogen and oxygen atoms in total. The Morgan fingerprint density at radius 3 is 2.85 bits per heavy atom. The molecule has 1 aromatic carbocycles. The van der Waals surface area contributed by atoms with Gasteiger partial charge in [0.2, 0.25) is 0 Å². The van der Waals surface area contributed by atoms with Crippen molar-refractivity contribution in [1.82, 2.24) is 10.2 Å². The lowest BCUT2D eigenvalue weighted by Gasteiger charge is -2.48. The number of piperazine rings is 1. The van der Waals surface area contributed by atoms with Crippen LogP contribution in [0, 0.1) is 5.82 Å². The summed E-state index contributed by atoms with van der Waals surface area (Å²) < 4.78 is 13.9. The van der Waals surface area contributed by atoms with Crippen LogP contribution in [0.1, 0.15) is 38.2 Å². The topological polar surface area (TPSA) is 15.3 Å². The molecule has 0 aromatic heterocycles. The zero-order valence-electron chi connectivity index (χ0n) is 12.0. The van der Waals surface area contributed by atoms with E-state index >= 15 is 0 Å². The quantitative estimate of drug-likeness (QED) is 0.883.